The Morgan fingerprint density at radius 1 is 1.41 bits per heavy atom. The van der Waals surface area contributed by atoms with Gasteiger partial charge in [-0.3, -0.25) is 4.90 Å². The zero-order valence-corrected chi connectivity index (χ0v) is 10.7. The van der Waals surface area contributed by atoms with Gasteiger partial charge in [0.25, 0.3) is 0 Å². The van der Waals surface area contributed by atoms with E-state index in [9.17, 15) is 4.79 Å². The molecule has 0 N–H and O–H groups in total. The molecule has 0 bridgehead atoms. The monoisotopic (exact) mass is 233 g/mol. The molecule has 92 valence electrons. The Labute approximate surface area is 102 Å². The molecule has 1 aliphatic rings. The lowest BCUT2D eigenvalue weighted by molar-refractivity contribution is 0.209. The predicted molar refractivity (Wildman–Crippen MR) is 68.2 cm³/mol. The predicted octanol–water partition coefficient (Wildman–Crippen LogP) is 2.29. The van der Waals surface area contributed by atoms with Crippen molar-refractivity contribution in [3.63, 3.8) is 0 Å². The standard InChI is InChI=1S/C13H19N3O/c1-4-11-5-6-14-12(9-11)16-8-7-15(10(2)3)13(16)17/h5-6,9-10H,4,7-8H2,1-3H3. The SMILES string of the molecule is CCc1ccnc(N2CCN(C(C)C)C2=O)c1. The van der Waals surface area contributed by atoms with Crippen molar-refractivity contribution in [2.75, 3.05) is 18.0 Å². The number of nitrogens with zero attached hydrogens (tertiary/aromatic N) is 3. The fraction of sp³-hybridized carbons (Fsp3) is 0.538. The number of aryl methyl sites for hydroxylation is 1. The molecule has 0 atom stereocenters. The molecule has 0 aromatic carbocycles. The summed E-state index contributed by atoms with van der Waals surface area (Å²) in [6, 6.07) is 4.31. The van der Waals surface area contributed by atoms with E-state index in [1.54, 1.807) is 11.1 Å². The van der Waals surface area contributed by atoms with Gasteiger partial charge in [-0.2, -0.15) is 0 Å². The van der Waals surface area contributed by atoms with Crippen LogP contribution in [0.25, 0.3) is 0 Å². The first-order valence-electron chi connectivity index (χ1n) is 6.16. The molecule has 1 aromatic heterocycles. The Balaban J connectivity index is 2.21. The van der Waals surface area contributed by atoms with Gasteiger partial charge in [0.15, 0.2) is 0 Å². The van der Waals surface area contributed by atoms with Crippen LogP contribution in [-0.4, -0.2) is 35.0 Å². The van der Waals surface area contributed by atoms with Gasteiger partial charge < -0.3 is 4.90 Å². The Kier molecular flexibility index (Phi) is 3.31. The van der Waals surface area contributed by atoms with Crippen LogP contribution in [0.15, 0.2) is 18.3 Å². The van der Waals surface area contributed by atoms with Crippen molar-refractivity contribution in [3.8, 4) is 0 Å². The van der Waals surface area contributed by atoms with E-state index in [0.717, 1.165) is 25.3 Å². The van der Waals surface area contributed by atoms with Crippen LogP contribution in [0.3, 0.4) is 0 Å². The van der Waals surface area contributed by atoms with Crippen LogP contribution < -0.4 is 4.90 Å². The highest BCUT2D eigenvalue weighted by molar-refractivity contribution is 5.93. The number of rotatable bonds is 3. The second-order valence-electron chi connectivity index (χ2n) is 4.60. The number of carbonyl (C=O) groups is 1. The van der Waals surface area contributed by atoms with Crippen LogP contribution in [0.4, 0.5) is 10.6 Å². The van der Waals surface area contributed by atoms with Gasteiger partial charge in [0.2, 0.25) is 0 Å². The minimum absolute atomic E-state index is 0.0701. The van der Waals surface area contributed by atoms with Crippen LogP contribution in [0.2, 0.25) is 0 Å². The van der Waals surface area contributed by atoms with Crippen molar-refractivity contribution in [1.82, 2.24) is 9.88 Å². The fourth-order valence-electron chi connectivity index (χ4n) is 2.07. The van der Waals surface area contributed by atoms with Gasteiger partial charge in [-0.1, -0.05) is 6.92 Å². The second kappa shape index (κ2) is 4.73. The number of hydrogen-bond acceptors (Lipinski definition) is 2. The summed E-state index contributed by atoms with van der Waals surface area (Å²) in [6.45, 7) is 7.70. The van der Waals surface area contributed by atoms with E-state index in [1.165, 1.54) is 5.56 Å². The normalized spacial score (nSPS) is 16.1. The topological polar surface area (TPSA) is 36.4 Å². The third-order valence-electron chi connectivity index (χ3n) is 3.16. The van der Waals surface area contributed by atoms with Crippen LogP contribution in [0, 0.1) is 0 Å². The fourth-order valence-corrected chi connectivity index (χ4v) is 2.07. The van der Waals surface area contributed by atoms with E-state index in [0.29, 0.717) is 0 Å². The van der Waals surface area contributed by atoms with Gasteiger partial charge >= 0.3 is 6.03 Å². The first-order valence-corrected chi connectivity index (χ1v) is 6.16. The molecule has 2 rings (SSSR count). The molecule has 4 heteroatoms. The number of hydrogen-bond donors (Lipinski definition) is 0. The van der Waals surface area contributed by atoms with Crippen LogP contribution in [0.5, 0.6) is 0 Å². The van der Waals surface area contributed by atoms with E-state index < -0.39 is 0 Å². The summed E-state index contributed by atoms with van der Waals surface area (Å²) in [7, 11) is 0. The smallest absolute Gasteiger partial charge is 0.320 e. The molecule has 0 radical (unpaired) electrons. The van der Waals surface area contributed by atoms with Crippen LogP contribution in [0.1, 0.15) is 26.3 Å². The quantitative estimate of drug-likeness (QED) is 0.803. The van der Waals surface area contributed by atoms with E-state index >= 15 is 0 Å². The summed E-state index contributed by atoms with van der Waals surface area (Å²) >= 11 is 0. The third-order valence-corrected chi connectivity index (χ3v) is 3.16. The molecule has 2 amide bonds. The lowest BCUT2D eigenvalue weighted by Crippen LogP contribution is -2.36. The Morgan fingerprint density at radius 2 is 2.18 bits per heavy atom. The summed E-state index contributed by atoms with van der Waals surface area (Å²) in [5, 5.41) is 0. The molecule has 1 saturated heterocycles. The number of aromatic nitrogens is 1. The largest absolute Gasteiger partial charge is 0.326 e. The van der Waals surface area contributed by atoms with E-state index in [1.807, 2.05) is 30.9 Å². The van der Waals surface area contributed by atoms with Gasteiger partial charge in [-0.25, -0.2) is 9.78 Å². The van der Waals surface area contributed by atoms with Gasteiger partial charge in [-0.15, -0.1) is 0 Å². The number of anilines is 1. The van der Waals surface area contributed by atoms with Gasteiger partial charge in [-0.05, 0) is 38.0 Å². The van der Waals surface area contributed by atoms with E-state index in [2.05, 4.69) is 11.9 Å². The number of pyridine rings is 1. The molecule has 1 aromatic rings. The number of carbonyl (C=O) groups excluding carboxylic acids is 1. The minimum atomic E-state index is 0.0701. The first kappa shape index (κ1) is 11.9. The summed E-state index contributed by atoms with van der Waals surface area (Å²) in [4.78, 5) is 20.1. The molecule has 17 heavy (non-hydrogen) atoms. The molecule has 0 unspecified atom stereocenters. The van der Waals surface area contributed by atoms with E-state index in [4.69, 9.17) is 0 Å². The van der Waals surface area contributed by atoms with E-state index in [-0.39, 0.29) is 12.1 Å². The molecule has 4 nitrogen and oxygen atoms in total. The molecule has 0 aliphatic carbocycles. The van der Waals surface area contributed by atoms with Crippen molar-refractivity contribution < 1.29 is 4.79 Å². The number of amides is 2. The highest BCUT2D eigenvalue weighted by atomic mass is 16.2. The maximum absolute atomic E-state index is 12.2. The maximum Gasteiger partial charge on any atom is 0.326 e. The zero-order valence-electron chi connectivity index (χ0n) is 10.7. The summed E-state index contributed by atoms with van der Waals surface area (Å²) < 4.78 is 0. The molecular formula is C13H19N3O. The molecule has 0 saturated carbocycles. The maximum atomic E-state index is 12.2. The summed E-state index contributed by atoms with van der Waals surface area (Å²) in [5.74, 6) is 0.775. The second-order valence-corrected chi connectivity index (χ2v) is 4.60. The molecule has 1 fully saturated rings. The highest BCUT2D eigenvalue weighted by Gasteiger charge is 2.31. The summed E-state index contributed by atoms with van der Waals surface area (Å²) in [6.07, 6.45) is 2.74. The average Bonchev–Trinajstić information content (AvgIpc) is 2.71. The highest BCUT2D eigenvalue weighted by Crippen LogP contribution is 2.20. The van der Waals surface area contributed by atoms with Gasteiger partial charge in [0.05, 0.1) is 0 Å². The Bertz CT molecular complexity index is 417. The first-order chi connectivity index (χ1) is 8.13. The molecular weight excluding hydrogens is 214 g/mol. The van der Waals surface area contributed by atoms with Crippen LogP contribution in [-0.2, 0) is 6.42 Å². The summed E-state index contributed by atoms with van der Waals surface area (Å²) in [5.41, 5.74) is 1.21. The van der Waals surface area contributed by atoms with Crippen molar-refractivity contribution in [3.05, 3.63) is 23.9 Å². The van der Waals surface area contributed by atoms with Crippen molar-refractivity contribution in [2.24, 2.45) is 0 Å². The molecule has 1 aliphatic heterocycles. The zero-order chi connectivity index (χ0) is 12.4. The van der Waals surface area contributed by atoms with Crippen molar-refractivity contribution >= 4 is 11.8 Å². The third kappa shape index (κ3) is 2.25. The molecule has 2 heterocycles. The Morgan fingerprint density at radius 3 is 2.76 bits per heavy atom. The lowest BCUT2D eigenvalue weighted by Gasteiger charge is -2.21. The van der Waals surface area contributed by atoms with Crippen molar-refractivity contribution in [1.29, 1.82) is 0 Å². The average molecular weight is 233 g/mol. The number of urea groups is 1. The minimum Gasteiger partial charge on any atom is -0.320 e. The van der Waals surface area contributed by atoms with Gasteiger partial charge in [0, 0.05) is 25.3 Å². The van der Waals surface area contributed by atoms with Crippen molar-refractivity contribution in [2.45, 2.75) is 33.2 Å². The van der Waals surface area contributed by atoms with Crippen LogP contribution >= 0.6 is 0 Å². The lowest BCUT2D eigenvalue weighted by atomic mass is 10.2. The molecule has 0 spiro atoms. The Hall–Kier alpha value is -1.58. The van der Waals surface area contributed by atoms with Gasteiger partial charge in [0.1, 0.15) is 5.82 Å².